The van der Waals surface area contributed by atoms with E-state index in [-0.39, 0.29) is 6.04 Å². The lowest BCUT2D eigenvalue weighted by atomic mass is 9.94. The summed E-state index contributed by atoms with van der Waals surface area (Å²) in [5.41, 5.74) is 0.942. The number of benzene rings is 1. The molecule has 0 aliphatic carbocycles. The maximum absolute atomic E-state index is 11.9. The van der Waals surface area contributed by atoms with Crippen LogP contribution in [0, 0.1) is 0 Å². The number of carboxylic acids is 1. The Bertz CT molecular complexity index is 716. The second kappa shape index (κ2) is 7.89. The lowest BCUT2D eigenvalue weighted by Crippen LogP contribution is -2.46. The molecule has 2 heterocycles. The van der Waals surface area contributed by atoms with E-state index in [4.69, 9.17) is 9.47 Å². The quantitative estimate of drug-likeness (QED) is 0.848. The number of rotatable bonds is 6. The molecule has 1 aromatic carbocycles. The van der Waals surface area contributed by atoms with Crippen molar-refractivity contribution < 1.29 is 19.4 Å². The van der Waals surface area contributed by atoms with Crippen LogP contribution in [0.15, 0.2) is 35.7 Å². The third-order valence-electron chi connectivity index (χ3n) is 4.71. The number of methoxy groups -OCH3 is 2. The van der Waals surface area contributed by atoms with Gasteiger partial charge in [-0.1, -0.05) is 12.5 Å². The van der Waals surface area contributed by atoms with Gasteiger partial charge in [0.05, 0.1) is 20.3 Å². The van der Waals surface area contributed by atoms with Crippen LogP contribution in [-0.4, -0.2) is 42.8 Å². The minimum absolute atomic E-state index is 0.161. The molecule has 1 aliphatic rings. The van der Waals surface area contributed by atoms with Crippen molar-refractivity contribution in [2.24, 2.45) is 0 Å². The molecule has 0 bridgehead atoms. The molecular weight excluding hydrogens is 338 g/mol. The smallest absolute Gasteiger partial charge is 0.320 e. The van der Waals surface area contributed by atoms with E-state index in [1.54, 1.807) is 25.6 Å². The Morgan fingerprint density at radius 3 is 2.76 bits per heavy atom. The number of thiophene rings is 1. The fourth-order valence-corrected chi connectivity index (χ4v) is 4.39. The molecule has 0 radical (unpaired) electrons. The van der Waals surface area contributed by atoms with Crippen LogP contribution >= 0.6 is 11.3 Å². The molecule has 1 fully saturated rings. The molecule has 1 aliphatic heterocycles. The molecule has 2 atom stereocenters. The Balaban J connectivity index is 2.11. The molecule has 0 amide bonds. The first kappa shape index (κ1) is 17.8. The van der Waals surface area contributed by atoms with E-state index in [1.165, 1.54) is 0 Å². The molecule has 1 saturated heterocycles. The summed E-state index contributed by atoms with van der Waals surface area (Å²) in [5, 5.41) is 11.8. The van der Waals surface area contributed by atoms with Crippen molar-refractivity contribution in [3.63, 3.8) is 0 Å². The van der Waals surface area contributed by atoms with E-state index < -0.39 is 12.0 Å². The van der Waals surface area contributed by atoms with Gasteiger partial charge in [0.1, 0.15) is 17.5 Å². The van der Waals surface area contributed by atoms with E-state index in [9.17, 15) is 9.90 Å². The summed E-state index contributed by atoms with van der Waals surface area (Å²) in [4.78, 5) is 15.1. The average molecular weight is 361 g/mol. The summed E-state index contributed by atoms with van der Waals surface area (Å²) in [6.45, 7) is 0.750. The van der Waals surface area contributed by atoms with Gasteiger partial charge in [-0.2, -0.15) is 0 Å². The van der Waals surface area contributed by atoms with Crippen molar-refractivity contribution in [2.45, 2.75) is 31.3 Å². The molecule has 0 spiro atoms. The molecule has 2 aromatic rings. The van der Waals surface area contributed by atoms with Gasteiger partial charge in [-0.15, -0.1) is 11.3 Å². The number of carbonyl (C=O) groups is 1. The Morgan fingerprint density at radius 2 is 2.12 bits per heavy atom. The van der Waals surface area contributed by atoms with Crippen molar-refractivity contribution in [1.82, 2.24) is 4.90 Å². The molecular formula is C19H23NO4S. The highest BCUT2D eigenvalue weighted by molar-refractivity contribution is 7.10. The predicted octanol–water partition coefficient (Wildman–Crippen LogP) is 3.79. The van der Waals surface area contributed by atoms with Crippen molar-refractivity contribution in [2.75, 3.05) is 20.8 Å². The predicted molar refractivity (Wildman–Crippen MR) is 97.7 cm³/mol. The fraction of sp³-hybridized carbons (Fsp3) is 0.421. The topological polar surface area (TPSA) is 59.0 Å². The van der Waals surface area contributed by atoms with Crippen LogP contribution in [0.25, 0.3) is 0 Å². The Hall–Kier alpha value is -2.05. The second-order valence-electron chi connectivity index (χ2n) is 6.11. The third kappa shape index (κ3) is 3.65. The lowest BCUT2D eigenvalue weighted by molar-refractivity contribution is -0.145. The van der Waals surface area contributed by atoms with Gasteiger partial charge in [-0.25, -0.2) is 0 Å². The first-order valence-electron chi connectivity index (χ1n) is 8.39. The van der Waals surface area contributed by atoms with Gasteiger partial charge in [-0.05, 0) is 49.0 Å². The van der Waals surface area contributed by atoms with E-state index in [0.29, 0.717) is 6.42 Å². The number of hydrogen-bond acceptors (Lipinski definition) is 5. The molecule has 5 nitrogen and oxygen atoms in total. The van der Waals surface area contributed by atoms with Gasteiger partial charge in [-0.3, -0.25) is 9.69 Å². The maximum atomic E-state index is 11.9. The number of piperidine rings is 1. The van der Waals surface area contributed by atoms with Gasteiger partial charge < -0.3 is 14.6 Å². The summed E-state index contributed by atoms with van der Waals surface area (Å²) in [7, 11) is 3.27. The summed E-state index contributed by atoms with van der Waals surface area (Å²) in [6.07, 6.45) is 2.61. The van der Waals surface area contributed by atoms with Crippen LogP contribution in [0.3, 0.4) is 0 Å². The van der Waals surface area contributed by atoms with E-state index >= 15 is 0 Å². The fourth-order valence-electron chi connectivity index (χ4n) is 3.52. The molecule has 0 saturated carbocycles. The van der Waals surface area contributed by atoms with Crippen molar-refractivity contribution in [3.8, 4) is 11.5 Å². The van der Waals surface area contributed by atoms with Gasteiger partial charge in [0, 0.05) is 10.4 Å². The zero-order valence-electron chi connectivity index (χ0n) is 14.5. The minimum Gasteiger partial charge on any atom is -0.497 e. The molecule has 134 valence electrons. The van der Waals surface area contributed by atoms with Gasteiger partial charge in [0.2, 0.25) is 0 Å². The van der Waals surface area contributed by atoms with Crippen molar-refractivity contribution >= 4 is 17.3 Å². The Morgan fingerprint density at radius 1 is 1.28 bits per heavy atom. The van der Waals surface area contributed by atoms with Crippen LogP contribution in [0.4, 0.5) is 0 Å². The number of aliphatic carboxylic acids is 1. The average Bonchev–Trinajstić information content (AvgIpc) is 3.16. The second-order valence-corrected chi connectivity index (χ2v) is 7.09. The van der Waals surface area contributed by atoms with Crippen LogP contribution in [-0.2, 0) is 4.79 Å². The zero-order valence-corrected chi connectivity index (χ0v) is 15.3. The van der Waals surface area contributed by atoms with Gasteiger partial charge >= 0.3 is 5.97 Å². The zero-order chi connectivity index (χ0) is 17.8. The first-order chi connectivity index (χ1) is 12.2. The molecule has 1 aromatic heterocycles. The highest BCUT2D eigenvalue weighted by Gasteiger charge is 2.36. The number of carboxylic acid groups (broad SMARTS) is 1. The van der Waals surface area contributed by atoms with E-state index in [2.05, 4.69) is 11.0 Å². The van der Waals surface area contributed by atoms with Gasteiger partial charge in [0.25, 0.3) is 0 Å². The monoisotopic (exact) mass is 361 g/mol. The largest absolute Gasteiger partial charge is 0.497 e. The number of hydrogen-bond donors (Lipinski definition) is 1. The maximum Gasteiger partial charge on any atom is 0.320 e. The van der Waals surface area contributed by atoms with E-state index in [0.717, 1.165) is 41.3 Å². The third-order valence-corrected chi connectivity index (χ3v) is 5.63. The summed E-state index contributed by atoms with van der Waals surface area (Å²) in [5.74, 6) is 0.721. The molecule has 2 unspecified atom stereocenters. The SMILES string of the molecule is COc1ccc(OC)c(C(c2cccs2)N2CCCCC2C(=O)O)c1. The van der Waals surface area contributed by atoms with Crippen molar-refractivity contribution in [1.29, 1.82) is 0 Å². The molecule has 6 heteroatoms. The normalized spacial score (nSPS) is 19.4. The molecule has 25 heavy (non-hydrogen) atoms. The molecule has 3 rings (SSSR count). The number of ether oxygens (including phenoxy) is 2. The lowest BCUT2D eigenvalue weighted by Gasteiger charge is -2.39. The highest BCUT2D eigenvalue weighted by atomic mass is 32.1. The van der Waals surface area contributed by atoms with Crippen LogP contribution in [0.2, 0.25) is 0 Å². The minimum atomic E-state index is -0.761. The van der Waals surface area contributed by atoms with Crippen LogP contribution in [0.5, 0.6) is 11.5 Å². The summed E-state index contributed by atoms with van der Waals surface area (Å²) in [6, 6.07) is 9.11. The standard InChI is InChI=1S/C19H23NO4S/c1-23-13-8-9-16(24-2)14(12-13)18(17-7-5-11-25-17)20-10-4-3-6-15(20)19(21)22/h5,7-9,11-12,15,18H,3-4,6,10H2,1-2H3,(H,21,22). The summed E-state index contributed by atoms with van der Waals surface area (Å²) >= 11 is 1.63. The van der Waals surface area contributed by atoms with E-state index in [1.807, 2.05) is 29.6 Å². The Kier molecular flexibility index (Phi) is 5.60. The van der Waals surface area contributed by atoms with Crippen LogP contribution in [0.1, 0.15) is 35.7 Å². The molecule has 1 N–H and O–H groups in total. The van der Waals surface area contributed by atoms with Crippen molar-refractivity contribution in [3.05, 3.63) is 46.2 Å². The first-order valence-corrected chi connectivity index (χ1v) is 9.27. The number of nitrogens with zero attached hydrogens (tertiary/aromatic N) is 1. The highest BCUT2D eigenvalue weighted by Crippen LogP contribution is 2.41. The van der Waals surface area contributed by atoms with Crippen LogP contribution < -0.4 is 9.47 Å². The summed E-state index contributed by atoms with van der Waals surface area (Å²) < 4.78 is 11.0. The van der Waals surface area contributed by atoms with Gasteiger partial charge in [0.15, 0.2) is 0 Å². The Labute approximate surface area is 151 Å². The number of likely N-dealkylation sites (tertiary alicyclic amines) is 1.